The highest BCUT2D eigenvalue weighted by Gasteiger charge is 2.36. The zero-order valence-electron chi connectivity index (χ0n) is 13.0. The Bertz CT molecular complexity index is 497. The van der Waals surface area contributed by atoms with Crippen molar-refractivity contribution in [3.8, 4) is 0 Å². The molecular weight excluding hydrogens is 268 g/mol. The van der Waals surface area contributed by atoms with Crippen LogP contribution in [0.1, 0.15) is 63.6 Å². The van der Waals surface area contributed by atoms with Crippen LogP contribution in [0.2, 0.25) is 0 Å². The van der Waals surface area contributed by atoms with Crippen molar-refractivity contribution < 1.29 is 5.11 Å². The van der Waals surface area contributed by atoms with Crippen LogP contribution in [0.3, 0.4) is 0 Å². The topological polar surface area (TPSA) is 36.4 Å². The van der Waals surface area contributed by atoms with Crippen molar-refractivity contribution in [2.24, 2.45) is 11.3 Å². The van der Waals surface area contributed by atoms with E-state index in [1.165, 1.54) is 12.8 Å². The van der Waals surface area contributed by atoms with Crippen LogP contribution in [-0.4, -0.2) is 22.7 Å². The highest BCUT2D eigenvalue weighted by molar-refractivity contribution is 7.15. The fourth-order valence-corrected chi connectivity index (χ4v) is 4.79. The highest BCUT2D eigenvalue weighted by atomic mass is 32.1. The molecule has 0 aromatic carbocycles. The van der Waals surface area contributed by atoms with Crippen molar-refractivity contribution >= 4 is 16.5 Å². The molecule has 1 saturated heterocycles. The second kappa shape index (κ2) is 4.99. The van der Waals surface area contributed by atoms with Gasteiger partial charge in [-0.1, -0.05) is 32.1 Å². The van der Waals surface area contributed by atoms with Crippen LogP contribution in [0, 0.1) is 11.3 Å². The molecule has 1 aliphatic heterocycles. The molecule has 3 atom stereocenters. The molecule has 1 aromatic heterocycles. The Morgan fingerprint density at radius 1 is 1.35 bits per heavy atom. The smallest absolute Gasteiger partial charge is 0.186 e. The van der Waals surface area contributed by atoms with Gasteiger partial charge in [0.15, 0.2) is 5.13 Å². The predicted molar refractivity (Wildman–Crippen MR) is 84.4 cm³/mol. The van der Waals surface area contributed by atoms with E-state index in [0.717, 1.165) is 41.0 Å². The molecule has 1 N–H and O–H groups in total. The summed E-state index contributed by atoms with van der Waals surface area (Å²) < 4.78 is 0. The van der Waals surface area contributed by atoms with Gasteiger partial charge in [-0.25, -0.2) is 4.98 Å². The van der Waals surface area contributed by atoms with Gasteiger partial charge in [-0.05, 0) is 43.9 Å². The first kappa shape index (κ1) is 14.3. The third kappa shape index (κ3) is 2.48. The minimum Gasteiger partial charge on any atom is -0.387 e. The van der Waals surface area contributed by atoms with E-state index in [-0.39, 0.29) is 11.5 Å². The second-order valence-electron chi connectivity index (χ2n) is 7.42. The van der Waals surface area contributed by atoms with E-state index in [2.05, 4.69) is 32.6 Å². The molecule has 0 amide bonds. The van der Waals surface area contributed by atoms with E-state index < -0.39 is 0 Å². The molecule has 3 unspecified atom stereocenters. The summed E-state index contributed by atoms with van der Waals surface area (Å²) in [5, 5.41) is 11.5. The predicted octanol–water partition coefficient (Wildman–Crippen LogP) is 3.77. The number of hydrogen-bond donors (Lipinski definition) is 1. The minimum absolute atomic E-state index is 0.165. The fraction of sp³-hybridized carbons (Fsp3) is 0.812. The molecule has 0 spiro atoms. The molecule has 2 aliphatic rings. The number of aromatic nitrogens is 1. The number of aliphatic hydroxyl groups is 1. The maximum atomic E-state index is 10.4. The molecule has 0 radical (unpaired) electrons. The summed E-state index contributed by atoms with van der Waals surface area (Å²) in [6, 6.07) is 0.557. The van der Waals surface area contributed by atoms with Crippen molar-refractivity contribution in [2.75, 3.05) is 11.4 Å². The van der Waals surface area contributed by atoms with Gasteiger partial charge in [-0.2, -0.15) is 0 Å². The highest BCUT2D eigenvalue weighted by Crippen LogP contribution is 2.45. The number of aliphatic hydroxyl groups excluding tert-OH is 1. The summed E-state index contributed by atoms with van der Waals surface area (Å²) in [7, 11) is 0. The zero-order chi connectivity index (χ0) is 14.5. The van der Waals surface area contributed by atoms with Gasteiger partial charge in [0.05, 0.1) is 16.7 Å². The standard InChI is InChI=1S/C16H26N2OS/c1-10-6-5-7-18(11(10)2)15-17-12-8-16(3,4)9-13(19)14(12)20-15/h10-11,13,19H,5-9H2,1-4H3. The number of hydrogen-bond acceptors (Lipinski definition) is 4. The van der Waals surface area contributed by atoms with Crippen molar-refractivity contribution in [2.45, 2.75) is 65.5 Å². The maximum absolute atomic E-state index is 10.4. The molecule has 112 valence electrons. The molecular formula is C16H26N2OS. The Hall–Kier alpha value is -0.610. The first-order valence-electron chi connectivity index (χ1n) is 7.82. The molecule has 3 nitrogen and oxygen atoms in total. The molecule has 20 heavy (non-hydrogen) atoms. The second-order valence-corrected chi connectivity index (χ2v) is 8.43. The summed E-state index contributed by atoms with van der Waals surface area (Å²) in [6.45, 7) is 10.2. The molecule has 3 rings (SSSR count). The van der Waals surface area contributed by atoms with Crippen LogP contribution in [0.25, 0.3) is 0 Å². The molecule has 2 heterocycles. The van der Waals surface area contributed by atoms with Crippen molar-refractivity contribution in [3.63, 3.8) is 0 Å². The lowest BCUT2D eigenvalue weighted by molar-refractivity contribution is 0.102. The van der Waals surface area contributed by atoms with Gasteiger partial charge in [-0.3, -0.25) is 0 Å². The number of fused-ring (bicyclic) bond motifs is 1. The first-order valence-corrected chi connectivity index (χ1v) is 8.63. The number of anilines is 1. The Morgan fingerprint density at radius 2 is 2.10 bits per heavy atom. The van der Waals surface area contributed by atoms with E-state index >= 15 is 0 Å². The van der Waals surface area contributed by atoms with Gasteiger partial charge in [0.1, 0.15) is 0 Å². The average Bonchev–Trinajstić information content (AvgIpc) is 2.75. The number of piperidine rings is 1. The van der Waals surface area contributed by atoms with Gasteiger partial charge in [0, 0.05) is 12.6 Å². The molecule has 1 aromatic rings. The lowest BCUT2D eigenvalue weighted by Crippen LogP contribution is -2.42. The summed E-state index contributed by atoms with van der Waals surface area (Å²) >= 11 is 1.72. The van der Waals surface area contributed by atoms with Gasteiger partial charge in [0.2, 0.25) is 0 Å². The maximum Gasteiger partial charge on any atom is 0.186 e. The van der Waals surface area contributed by atoms with Crippen LogP contribution in [0.15, 0.2) is 0 Å². The van der Waals surface area contributed by atoms with Crippen LogP contribution >= 0.6 is 11.3 Å². The molecule has 0 saturated carbocycles. The normalized spacial score (nSPS) is 33.0. The molecule has 1 fully saturated rings. The summed E-state index contributed by atoms with van der Waals surface area (Å²) in [5.41, 5.74) is 1.30. The van der Waals surface area contributed by atoms with Gasteiger partial charge in [-0.15, -0.1) is 0 Å². The van der Waals surface area contributed by atoms with Crippen molar-refractivity contribution in [1.82, 2.24) is 4.98 Å². The first-order chi connectivity index (χ1) is 9.37. The number of thiazole rings is 1. The molecule has 4 heteroatoms. The van der Waals surface area contributed by atoms with E-state index in [0.29, 0.717) is 6.04 Å². The largest absolute Gasteiger partial charge is 0.387 e. The zero-order valence-corrected chi connectivity index (χ0v) is 13.8. The van der Waals surface area contributed by atoms with Crippen LogP contribution < -0.4 is 4.90 Å². The Balaban J connectivity index is 1.90. The van der Waals surface area contributed by atoms with Crippen LogP contribution in [-0.2, 0) is 6.42 Å². The summed E-state index contributed by atoms with van der Waals surface area (Å²) in [4.78, 5) is 8.46. The van der Waals surface area contributed by atoms with Gasteiger partial charge in [0.25, 0.3) is 0 Å². The van der Waals surface area contributed by atoms with Crippen LogP contribution in [0.4, 0.5) is 5.13 Å². The quantitative estimate of drug-likeness (QED) is 0.856. The fourth-order valence-electron chi connectivity index (χ4n) is 3.61. The minimum atomic E-state index is -0.322. The van der Waals surface area contributed by atoms with Crippen molar-refractivity contribution in [3.05, 3.63) is 10.6 Å². The SMILES string of the molecule is CC1CCCN(c2nc3c(s2)C(O)CC(C)(C)C3)C1C. The monoisotopic (exact) mass is 294 g/mol. The Labute approximate surface area is 126 Å². The lowest BCUT2D eigenvalue weighted by Gasteiger charge is -2.37. The van der Waals surface area contributed by atoms with E-state index in [4.69, 9.17) is 4.98 Å². The summed E-state index contributed by atoms with van der Waals surface area (Å²) in [6.07, 6.45) is 4.10. The average molecular weight is 294 g/mol. The Morgan fingerprint density at radius 3 is 2.85 bits per heavy atom. The third-order valence-corrected chi connectivity index (χ3v) is 6.27. The number of nitrogens with zero attached hydrogens (tertiary/aromatic N) is 2. The van der Waals surface area contributed by atoms with E-state index in [1.807, 2.05) is 0 Å². The van der Waals surface area contributed by atoms with E-state index in [1.54, 1.807) is 11.3 Å². The van der Waals surface area contributed by atoms with Crippen LogP contribution in [0.5, 0.6) is 0 Å². The molecule has 1 aliphatic carbocycles. The molecule has 0 bridgehead atoms. The lowest BCUT2D eigenvalue weighted by atomic mass is 9.77. The van der Waals surface area contributed by atoms with Gasteiger partial charge >= 0.3 is 0 Å². The van der Waals surface area contributed by atoms with E-state index in [9.17, 15) is 5.11 Å². The van der Waals surface area contributed by atoms with Crippen molar-refractivity contribution in [1.29, 1.82) is 0 Å². The number of rotatable bonds is 1. The van der Waals surface area contributed by atoms with Gasteiger partial charge < -0.3 is 10.0 Å². The third-order valence-electron chi connectivity index (χ3n) is 5.03. The Kier molecular flexibility index (Phi) is 3.57. The summed E-state index contributed by atoms with van der Waals surface area (Å²) in [5.74, 6) is 0.728.